The van der Waals surface area contributed by atoms with Gasteiger partial charge in [-0.05, 0) is 68.9 Å². The van der Waals surface area contributed by atoms with Crippen molar-refractivity contribution in [3.8, 4) is 11.4 Å². The van der Waals surface area contributed by atoms with Crippen LogP contribution in [0.5, 0.6) is 5.75 Å². The van der Waals surface area contributed by atoms with Crippen molar-refractivity contribution in [1.29, 1.82) is 0 Å². The highest BCUT2D eigenvalue weighted by Crippen LogP contribution is 2.25. The Kier molecular flexibility index (Phi) is 6.49. The van der Waals surface area contributed by atoms with E-state index in [2.05, 4.69) is 4.98 Å². The summed E-state index contributed by atoms with van der Waals surface area (Å²) in [7, 11) is 0. The van der Waals surface area contributed by atoms with E-state index in [1.807, 2.05) is 13.0 Å². The molecule has 3 N–H and O–H groups in total. The van der Waals surface area contributed by atoms with Crippen molar-refractivity contribution in [2.45, 2.75) is 58.2 Å². The molecule has 0 amide bonds. The van der Waals surface area contributed by atoms with Gasteiger partial charge in [0.25, 0.3) is 5.56 Å². The third-order valence-corrected chi connectivity index (χ3v) is 6.03. The molecule has 0 bridgehead atoms. The maximum absolute atomic E-state index is 13.0. The zero-order chi connectivity index (χ0) is 20.3. The number of phenolic OH excluding ortho intramolecular Hbond substituents is 1. The van der Waals surface area contributed by atoms with Crippen LogP contribution in [0, 0.1) is 0 Å². The number of hydrogen-bond donors (Lipinski definition) is 3. The third-order valence-electron chi connectivity index (χ3n) is 4.86. The van der Waals surface area contributed by atoms with Crippen LogP contribution >= 0.6 is 11.3 Å². The van der Waals surface area contributed by atoms with Crippen LogP contribution in [0.3, 0.4) is 0 Å². The molecule has 28 heavy (non-hydrogen) atoms. The molecule has 0 aliphatic carbocycles. The van der Waals surface area contributed by atoms with Crippen molar-refractivity contribution in [2.75, 3.05) is 0 Å². The van der Waals surface area contributed by atoms with Gasteiger partial charge >= 0.3 is 0 Å². The molecule has 0 radical (unpaired) electrons. The lowest BCUT2D eigenvalue weighted by Gasteiger charge is -2.10. The number of benzene rings is 1. The van der Waals surface area contributed by atoms with E-state index in [1.165, 1.54) is 22.2 Å². The molecule has 6 nitrogen and oxygen atoms in total. The predicted octanol–water partition coefficient (Wildman–Crippen LogP) is 3.17. The van der Waals surface area contributed by atoms with Gasteiger partial charge in [0.15, 0.2) is 0 Å². The Morgan fingerprint density at radius 2 is 1.96 bits per heavy atom. The van der Waals surface area contributed by atoms with Crippen LogP contribution < -0.4 is 5.56 Å². The van der Waals surface area contributed by atoms with Gasteiger partial charge in [-0.2, -0.15) is 0 Å². The molecular weight excluding hydrogens is 376 g/mol. The SMILES string of the molecule is CCC(O)CCc1cc2ncn(-c3ccc(O)c(CCC(C)O)c3)c(=O)c2s1. The molecule has 0 saturated heterocycles. The molecule has 150 valence electrons. The number of aliphatic hydroxyl groups is 2. The molecular formula is C21H26N2O4S. The van der Waals surface area contributed by atoms with Crippen LogP contribution in [0.15, 0.2) is 35.4 Å². The number of thiophene rings is 1. The summed E-state index contributed by atoms with van der Waals surface area (Å²) in [6.45, 7) is 3.65. The van der Waals surface area contributed by atoms with E-state index >= 15 is 0 Å². The summed E-state index contributed by atoms with van der Waals surface area (Å²) in [5.74, 6) is 0.152. The molecule has 2 heterocycles. The first kappa shape index (κ1) is 20.5. The topological polar surface area (TPSA) is 95.6 Å². The molecule has 0 saturated carbocycles. The van der Waals surface area contributed by atoms with Crippen molar-refractivity contribution < 1.29 is 15.3 Å². The molecule has 2 aromatic heterocycles. The van der Waals surface area contributed by atoms with E-state index in [4.69, 9.17) is 0 Å². The lowest BCUT2D eigenvalue weighted by molar-refractivity contribution is 0.161. The maximum atomic E-state index is 13.0. The van der Waals surface area contributed by atoms with Crippen molar-refractivity contribution in [1.82, 2.24) is 9.55 Å². The highest BCUT2D eigenvalue weighted by molar-refractivity contribution is 7.18. The second-order valence-electron chi connectivity index (χ2n) is 7.15. The van der Waals surface area contributed by atoms with E-state index in [1.54, 1.807) is 25.1 Å². The van der Waals surface area contributed by atoms with Crippen LogP contribution in [0.2, 0.25) is 0 Å². The minimum Gasteiger partial charge on any atom is -0.508 e. The first-order valence-electron chi connectivity index (χ1n) is 9.57. The Morgan fingerprint density at radius 3 is 2.68 bits per heavy atom. The van der Waals surface area contributed by atoms with Crippen LogP contribution in [0.4, 0.5) is 0 Å². The highest BCUT2D eigenvalue weighted by Gasteiger charge is 2.13. The maximum Gasteiger partial charge on any atom is 0.275 e. The number of fused-ring (bicyclic) bond motifs is 1. The van der Waals surface area contributed by atoms with Gasteiger partial charge in [-0.3, -0.25) is 9.36 Å². The van der Waals surface area contributed by atoms with Gasteiger partial charge in [0, 0.05) is 4.88 Å². The number of nitrogens with zero attached hydrogens (tertiary/aromatic N) is 2. The number of aryl methyl sites for hydroxylation is 2. The van der Waals surface area contributed by atoms with Gasteiger partial charge in [-0.1, -0.05) is 6.92 Å². The predicted molar refractivity (Wildman–Crippen MR) is 112 cm³/mol. The minimum atomic E-state index is -0.459. The minimum absolute atomic E-state index is 0.149. The lowest BCUT2D eigenvalue weighted by Crippen LogP contribution is -2.17. The fourth-order valence-corrected chi connectivity index (χ4v) is 4.12. The number of rotatable bonds is 8. The molecule has 0 aliphatic rings. The quantitative estimate of drug-likeness (QED) is 0.538. The summed E-state index contributed by atoms with van der Waals surface area (Å²) < 4.78 is 2.07. The zero-order valence-electron chi connectivity index (χ0n) is 16.1. The molecule has 2 atom stereocenters. The Hall–Kier alpha value is -2.22. The van der Waals surface area contributed by atoms with Crippen molar-refractivity contribution >= 4 is 21.6 Å². The van der Waals surface area contributed by atoms with Crippen molar-refractivity contribution in [3.05, 3.63) is 51.4 Å². The van der Waals surface area contributed by atoms with Crippen LogP contribution in [-0.2, 0) is 12.8 Å². The lowest BCUT2D eigenvalue weighted by atomic mass is 10.1. The van der Waals surface area contributed by atoms with Gasteiger partial charge in [0.2, 0.25) is 0 Å². The van der Waals surface area contributed by atoms with Gasteiger partial charge in [0.1, 0.15) is 16.8 Å². The molecule has 3 aromatic rings. The van der Waals surface area contributed by atoms with Crippen LogP contribution in [-0.4, -0.2) is 37.1 Å². The molecule has 0 spiro atoms. The highest BCUT2D eigenvalue weighted by atomic mass is 32.1. The van der Waals surface area contributed by atoms with E-state index in [0.29, 0.717) is 47.2 Å². The Morgan fingerprint density at radius 1 is 1.18 bits per heavy atom. The summed E-state index contributed by atoms with van der Waals surface area (Å²) >= 11 is 1.42. The number of aromatic hydroxyl groups is 1. The molecule has 0 aliphatic heterocycles. The fraction of sp³-hybridized carbons (Fsp3) is 0.429. The zero-order valence-corrected chi connectivity index (χ0v) is 16.9. The van der Waals surface area contributed by atoms with Gasteiger partial charge in [-0.15, -0.1) is 11.3 Å². The summed E-state index contributed by atoms with van der Waals surface area (Å²) in [6, 6.07) is 6.93. The second-order valence-corrected chi connectivity index (χ2v) is 8.29. The van der Waals surface area contributed by atoms with Crippen molar-refractivity contribution in [3.63, 3.8) is 0 Å². The number of aromatic nitrogens is 2. The van der Waals surface area contributed by atoms with Crippen LogP contribution in [0.25, 0.3) is 15.9 Å². The fourth-order valence-electron chi connectivity index (χ4n) is 3.07. The van der Waals surface area contributed by atoms with Crippen LogP contribution in [0.1, 0.15) is 43.6 Å². The van der Waals surface area contributed by atoms with E-state index in [9.17, 15) is 20.1 Å². The molecule has 7 heteroatoms. The van der Waals surface area contributed by atoms with Crippen molar-refractivity contribution in [2.24, 2.45) is 0 Å². The summed E-state index contributed by atoms with van der Waals surface area (Å²) in [5, 5.41) is 29.3. The summed E-state index contributed by atoms with van der Waals surface area (Å²) in [4.78, 5) is 18.4. The number of aliphatic hydroxyl groups excluding tert-OH is 2. The van der Waals surface area contributed by atoms with Gasteiger partial charge in [-0.25, -0.2) is 4.98 Å². The van der Waals surface area contributed by atoms with E-state index < -0.39 is 6.10 Å². The van der Waals surface area contributed by atoms with Gasteiger partial charge < -0.3 is 15.3 Å². The Bertz CT molecular complexity index is 1010. The second kappa shape index (κ2) is 8.86. The average Bonchev–Trinajstić information content (AvgIpc) is 3.10. The number of phenols is 1. The standard InChI is InChI=1S/C21H26N2O4S/c1-3-16(25)7-8-17-11-18-20(28-17)21(27)23(12-22-18)15-6-9-19(26)14(10-15)5-4-13(2)24/h6,9-13,16,24-26H,3-5,7-8H2,1-2H3. The molecule has 0 fully saturated rings. The molecule has 3 rings (SSSR count). The largest absolute Gasteiger partial charge is 0.508 e. The molecule has 1 aromatic carbocycles. The average molecular weight is 403 g/mol. The number of hydrogen-bond acceptors (Lipinski definition) is 6. The molecule has 2 unspecified atom stereocenters. The Labute approximate surface area is 167 Å². The van der Waals surface area contributed by atoms with E-state index in [0.717, 1.165) is 11.3 Å². The summed E-state index contributed by atoms with van der Waals surface area (Å²) in [5.41, 5.74) is 1.84. The smallest absolute Gasteiger partial charge is 0.275 e. The Balaban J connectivity index is 1.92. The monoisotopic (exact) mass is 402 g/mol. The van der Waals surface area contributed by atoms with Gasteiger partial charge in [0.05, 0.1) is 23.4 Å². The third kappa shape index (κ3) is 4.60. The first-order chi connectivity index (χ1) is 13.4. The summed E-state index contributed by atoms with van der Waals surface area (Å²) in [6.07, 6.45) is 3.87. The normalized spacial score (nSPS) is 13.7. The van der Waals surface area contributed by atoms with E-state index in [-0.39, 0.29) is 17.4 Å². The first-order valence-corrected chi connectivity index (χ1v) is 10.4.